The molecular weight excluding hydrogens is 276 g/mol. The monoisotopic (exact) mass is 296 g/mol. The van der Waals surface area contributed by atoms with E-state index in [2.05, 4.69) is 22.3 Å². The summed E-state index contributed by atoms with van der Waals surface area (Å²) >= 11 is 0. The number of benzene rings is 2. The number of ether oxygens (including phenoxy) is 1. The highest BCUT2D eigenvalue weighted by Crippen LogP contribution is 2.22. The molecule has 114 valence electrons. The first-order valence-corrected chi connectivity index (χ1v) is 7.64. The van der Waals surface area contributed by atoms with Crippen molar-refractivity contribution in [1.82, 2.24) is 0 Å². The van der Waals surface area contributed by atoms with Gasteiger partial charge in [-0.1, -0.05) is 18.2 Å². The molecule has 0 spiro atoms. The summed E-state index contributed by atoms with van der Waals surface area (Å²) in [7, 11) is 0. The third kappa shape index (κ3) is 3.79. The zero-order chi connectivity index (χ0) is 15.2. The van der Waals surface area contributed by atoms with Gasteiger partial charge in [0.25, 0.3) is 5.91 Å². The molecule has 0 unspecified atom stereocenters. The Hall–Kier alpha value is -2.49. The van der Waals surface area contributed by atoms with Crippen LogP contribution in [0.15, 0.2) is 54.6 Å². The van der Waals surface area contributed by atoms with Crippen LogP contribution < -0.4 is 15.0 Å². The van der Waals surface area contributed by atoms with E-state index in [0.717, 1.165) is 18.8 Å². The Balaban J connectivity index is 1.50. The second kappa shape index (κ2) is 6.98. The minimum Gasteiger partial charge on any atom is -0.484 e. The number of carbonyl (C=O) groups is 1. The van der Waals surface area contributed by atoms with Crippen LogP contribution in [-0.4, -0.2) is 25.6 Å². The SMILES string of the molecule is O=C(COc1ccccc1)Nc1ccc(N2CCCC2)cc1. The first-order valence-electron chi connectivity index (χ1n) is 7.64. The topological polar surface area (TPSA) is 41.6 Å². The Labute approximate surface area is 130 Å². The summed E-state index contributed by atoms with van der Waals surface area (Å²) in [5, 5.41) is 2.85. The number of carbonyl (C=O) groups excluding carboxylic acids is 1. The molecule has 1 heterocycles. The van der Waals surface area contributed by atoms with Gasteiger partial charge in [-0.3, -0.25) is 4.79 Å². The minimum absolute atomic E-state index is 0.0118. The average Bonchev–Trinajstić information content (AvgIpc) is 3.09. The maximum Gasteiger partial charge on any atom is 0.262 e. The largest absolute Gasteiger partial charge is 0.484 e. The molecule has 4 nitrogen and oxygen atoms in total. The molecule has 2 aromatic rings. The Bertz CT molecular complexity index is 605. The van der Waals surface area contributed by atoms with Gasteiger partial charge in [-0.15, -0.1) is 0 Å². The highest BCUT2D eigenvalue weighted by Gasteiger charge is 2.12. The third-order valence-corrected chi connectivity index (χ3v) is 3.74. The van der Waals surface area contributed by atoms with Gasteiger partial charge >= 0.3 is 0 Å². The van der Waals surface area contributed by atoms with Gasteiger partial charge in [0.2, 0.25) is 0 Å². The van der Waals surface area contributed by atoms with Crippen molar-refractivity contribution in [3.63, 3.8) is 0 Å². The number of anilines is 2. The van der Waals surface area contributed by atoms with Crippen LogP contribution in [0, 0.1) is 0 Å². The lowest BCUT2D eigenvalue weighted by atomic mass is 10.2. The van der Waals surface area contributed by atoms with Crippen molar-refractivity contribution in [2.24, 2.45) is 0 Å². The van der Waals surface area contributed by atoms with Crippen LogP contribution in [-0.2, 0) is 4.79 Å². The molecule has 2 aromatic carbocycles. The number of rotatable bonds is 5. The maximum atomic E-state index is 11.9. The van der Waals surface area contributed by atoms with Crippen molar-refractivity contribution in [2.75, 3.05) is 29.9 Å². The first-order chi connectivity index (χ1) is 10.8. The maximum absolute atomic E-state index is 11.9. The molecule has 1 amide bonds. The zero-order valence-corrected chi connectivity index (χ0v) is 12.5. The number of hydrogen-bond acceptors (Lipinski definition) is 3. The van der Waals surface area contributed by atoms with Crippen LogP contribution in [0.5, 0.6) is 5.75 Å². The van der Waals surface area contributed by atoms with E-state index in [1.807, 2.05) is 42.5 Å². The second-order valence-electron chi connectivity index (χ2n) is 5.39. The normalized spacial score (nSPS) is 13.9. The highest BCUT2D eigenvalue weighted by atomic mass is 16.5. The fourth-order valence-corrected chi connectivity index (χ4v) is 2.59. The zero-order valence-electron chi connectivity index (χ0n) is 12.5. The summed E-state index contributed by atoms with van der Waals surface area (Å²) in [6.45, 7) is 2.26. The van der Waals surface area contributed by atoms with Crippen LogP contribution >= 0.6 is 0 Å². The van der Waals surface area contributed by atoms with Crippen LogP contribution in [0.4, 0.5) is 11.4 Å². The quantitative estimate of drug-likeness (QED) is 0.920. The molecule has 22 heavy (non-hydrogen) atoms. The molecule has 1 aliphatic heterocycles. The van der Waals surface area contributed by atoms with Gasteiger partial charge in [0, 0.05) is 24.5 Å². The summed E-state index contributed by atoms with van der Waals surface area (Å²) in [6.07, 6.45) is 2.52. The molecule has 0 radical (unpaired) electrons. The van der Waals surface area contributed by atoms with Crippen molar-refractivity contribution in [2.45, 2.75) is 12.8 Å². The molecule has 3 rings (SSSR count). The first kappa shape index (κ1) is 14.4. The number of nitrogens with zero attached hydrogens (tertiary/aromatic N) is 1. The number of para-hydroxylation sites is 1. The van der Waals surface area contributed by atoms with Crippen molar-refractivity contribution >= 4 is 17.3 Å². The molecule has 4 heteroatoms. The Morgan fingerprint density at radius 2 is 1.68 bits per heavy atom. The smallest absolute Gasteiger partial charge is 0.262 e. The average molecular weight is 296 g/mol. The van der Waals surface area contributed by atoms with Crippen molar-refractivity contribution in [3.8, 4) is 5.75 Å². The van der Waals surface area contributed by atoms with E-state index in [9.17, 15) is 4.79 Å². The summed E-state index contributed by atoms with van der Waals surface area (Å²) in [5.74, 6) is 0.541. The molecule has 0 aromatic heterocycles. The van der Waals surface area contributed by atoms with Gasteiger partial charge in [0.15, 0.2) is 6.61 Å². The molecule has 0 saturated carbocycles. The predicted molar refractivity (Wildman–Crippen MR) is 88.5 cm³/mol. The van der Waals surface area contributed by atoms with Crippen LogP contribution in [0.2, 0.25) is 0 Å². The molecule has 1 fully saturated rings. The van der Waals surface area contributed by atoms with Gasteiger partial charge in [0.05, 0.1) is 0 Å². The van der Waals surface area contributed by atoms with Gasteiger partial charge in [-0.25, -0.2) is 0 Å². The summed E-state index contributed by atoms with van der Waals surface area (Å²) in [4.78, 5) is 14.2. The second-order valence-corrected chi connectivity index (χ2v) is 5.39. The van der Waals surface area contributed by atoms with Crippen molar-refractivity contribution in [1.29, 1.82) is 0 Å². The van der Waals surface area contributed by atoms with E-state index >= 15 is 0 Å². The minimum atomic E-state index is -0.155. The standard InChI is InChI=1S/C18H20N2O2/c21-18(14-22-17-6-2-1-3-7-17)19-15-8-10-16(11-9-15)20-12-4-5-13-20/h1-3,6-11H,4-5,12-14H2,(H,19,21). The van der Waals surface area contributed by atoms with Crippen LogP contribution in [0.25, 0.3) is 0 Å². The van der Waals surface area contributed by atoms with Gasteiger partial charge in [-0.05, 0) is 49.2 Å². The van der Waals surface area contributed by atoms with E-state index < -0.39 is 0 Å². The van der Waals surface area contributed by atoms with Gasteiger partial charge in [-0.2, -0.15) is 0 Å². The highest BCUT2D eigenvalue weighted by molar-refractivity contribution is 5.92. The van der Waals surface area contributed by atoms with Gasteiger partial charge in [0.1, 0.15) is 5.75 Å². The van der Waals surface area contributed by atoms with Crippen LogP contribution in [0.1, 0.15) is 12.8 Å². The summed E-state index contributed by atoms with van der Waals surface area (Å²) in [5.41, 5.74) is 2.01. The van der Waals surface area contributed by atoms with Gasteiger partial charge < -0.3 is 15.0 Å². The Kier molecular flexibility index (Phi) is 4.59. The van der Waals surface area contributed by atoms with Crippen LogP contribution in [0.3, 0.4) is 0 Å². The lowest BCUT2D eigenvalue weighted by molar-refractivity contribution is -0.118. The van der Waals surface area contributed by atoms with Crippen molar-refractivity contribution in [3.05, 3.63) is 54.6 Å². The predicted octanol–water partition coefficient (Wildman–Crippen LogP) is 3.30. The van der Waals surface area contributed by atoms with E-state index in [1.165, 1.54) is 18.5 Å². The molecule has 1 aliphatic rings. The molecule has 1 saturated heterocycles. The lowest BCUT2D eigenvalue weighted by Gasteiger charge is -2.17. The lowest BCUT2D eigenvalue weighted by Crippen LogP contribution is -2.20. The molecule has 1 N–H and O–H groups in total. The fourth-order valence-electron chi connectivity index (χ4n) is 2.59. The molecule has 0 bridgehead atoms. The van der Waals surface area contributed by atoms with E-state index in [0.29, 0.717) is 5.75 Å². The van der Waals surface area contributed by atoms with Crippen molar-refractivity contribution < 1.29 is 9.53 Å². The van der Waals surface area contributed by atoms with E-state index in [1.54, 1.807) is 0 Å². The molecular formula is C18H20N2O2. The van der Waals surface area contributed by atoms with E-state index in [4.69, 9.17) is 4.74 Å². The number of hydrogen-bond donors (Lipinski definition) is 1. The fraction of sp³-hybridized carbons (Fsp3) is 0.278. The Morgan fingerprint density at radius 1 is 1.00 bits per heavy atom. The Morgan fingerprint density at radius 3 is 2.36 bits per heavy atom. The number of nitrogens with one attached hydrogen (secondary N) is 1. The third-order valence-electron chi connectivity index (χ3n) is 3.74. The summed E-state index contributed by atoms with van der Waals surface area (Å²) in [6, 6.07) is 17.3. The summed E-state index contributed by atoms with van der Waals surface area (Å²) < 4.78 is 5.42. The number of amides is 1. The molecule has 0 aliphatic carbocycles. The van der Waals surface area contributed by atoms with E-state index in [-0.39, 0.29) is 12.5 Å². The molecule has 0 atom stereocenters.